The molecule has 0 radical (unpaired) electrons. The number of hydrogen-bond donors (Lipinski definition) is 1. The summed E-state index contributed by atoms with van der Waals surface area (Å²) >= 11 is 1.78. The Labute approximate surface area is 182 Å². The van der Waals surface area contributed by atoms with Crippen LogP contribution in [0.2, 0.25) is 0 Å². The Morgan fingerprint density at radius 2 is 1.67 bits per heavy atom. The minimum atomic E-state index is -0.617. The van der Waals surface area contributed by atoms with Crippen molar-refractivity contribution in [3.05, 3.63) is 96.1 Å². The third kappa shape index (κ3) is 5.35. The molecule has 0 saturated heterocycles. The van der Waals surface area contributed by atoms with Crippen molar-refractivity contribution in [3.8, 4) is 10.4 Å². The first kappa shape index (κ1) is 20.8. The first-order chi connectivity index (χ1) is 14.7. The fraction of sp³-hybridized carbons (Fsp3) is 0.231. The molecule has 0 amide bonds. The Bertz CT molecular complexity index is 1060. The van der Waals surface area contributed by atoms with Gasteiger partial charge >= 0.3 is 0 Å². The molecule has 4 heteroatoms. The van der Waals surface area contributed by atoms with Gasteiger partial charge in [0, 0.05) is 22.7 Å². The maximum absolute atomic E-state index is 10.6. The number of aliphatic hydroxyl groups excluding tert-OH is 1. The summed E-state index contributed by atoms with van der Waals surface area (Å²) in [4.78, 5) is 3.47. The number of rotatable bonds is 9. The molecule has 0 aliphatic heterocycles. The molecule has 1 unspecified atom stereocenters. The minimum Gasteiger partial charge on any atom is -0.386 e. The van der Waals surface area contributed by atoms with Crippen LogP contribution in [0.5, 0.6) is 0 Å². The van der Waals surface area contributed by atoms with E-state index in [1.807, 2.05) is 18.2 Å². The predicted molar refractivity (Wildman–Crippen MR) is 126 cm³/mol. The summed E-state index contributed by atoms with van der Waals surface area (Å²) in [5.74, 6) is 0. The summed E-state index contributed by atoms with van der Waals surface area (Å²) in [6, 6.07) is 29.2. The molecule has 1 N–H and O–H groups in total. The molecule has 0 spiro atoms. The van der Waals surface area contributed by atoms with Crippen LogP contribution in [0.4, 0.5) is 0 Å². The zero-order chi connectivity index (χ0) is 20.8. The van der Waals surface area contributed by atoms with Crippen LogP contribution in [0.15, 0.2) is 84.9 Å². The average Bonchev–Trinajstić information content (AvgIpc) is 3.21. The Balaban J connectivity index is 1.29. The van der Waals surface area contributed by atoms with Gasteiger partial charge in [-0.1, -0.05) is 66.7 Å². The van der Waals surface area contributed by atoms with Crippen molar-refractivity contribution >= 4 is 21.4 Å². The summed E-state index contributed by atoms with van der Waals surface area (Å²) in [5, 5.41) is 11.7. The second kappa shape index (κ2) is 10.0. The highest BCUT2D eigenvalue weighted by Gasteiger charge is 2.11. The van der Waals surface area contributed by atoms with Gasteiger partial charge < -0.3 is 9.84 Å². The van der Waals surface area contributed by atoms with Gasteiger partial charge in [0.2, 0.25) is 0 Å². The van der Waals surface area contributed by atoms with Gasteiger partial charge in [-0.05, 0) is 47.3 Å². The van der Waals surface area contributed by atoms with E-state index in [4.69, 9.17) is 4.74 Å². The zero-order valence-corrected chi connectivity index (χ0v) is 18.0. The molecule has 4 aromatic rings. The van der Waals surface area contributed by atoms with Gasteiger partial charge in [-0.2, -0.15) is 0 Å². The van der Waals surface area contributed by atoms with Crippen molar-refractivity contribution in [3.63, 3.8) is 0 Å². The Kier molecular flexibility index (Phi) is 6.92. The van der Waals surface area contributed by atoms with E-state index in [1.165, 1.54) is 20.7 Å². The van der Waals surface area contributed by atoms with Crippen molar-refractivity contribution in [2.75, 3.05) is 26.8 Å². The number of aliphatic hydroxyl groups is 1. The Hall–Kier alpha value is -2.50. The highest BCUT2D eigenvalue weighted by molar-refractivity contribution is 7.22. The molecule has 1 atom stereocenters. The van der Waals surface area contributed by atoms with Crippen LogP contribution in [0.1, 0.15) is 17.2 Å². The largest absolute Gasteiger partial charge is 0.386 e. The average molecular weight is 418 g/mol. The van der Waals surface area contributed by atoms with Gasteiger partial charge in [-0.3, -0.25) is 4.90 Å². The number of benzene rings is 3. The minimum absolute atomic E-state index is 0.306. The third-order valence-electron chi connectivity index (χ3n) is 5.17. The molecule has 0 bridgehead atoms. The maximum atomic E-state index is 10.6. The lowest BCUT2D eigenvalue weighted by atomic mass is 10.1. The number of ether oxygens (including phenoxy) is 1. The van der Waals surface area contributed by atoms with E-state index in [2.05, 4.69) is 78.7 Å². The molecule has 30 heavy (non-hydrogen) atoms. The molecule has 0 fully saturated rings. The molecule has 3 aromatic carbocycles. The fourth-order valence-electron chi connectivity index (χ4n) is 3.50. The fourth-order valence-corrected chi connectivity index (χ4v) is 4.55. The number of fused-ring (bicyclic) bond motifs is 1. The first-order valence-corrected chi connectivity index (χ1v) is 11.1. The molecule has 4 rings (SSSR count). The van der Waals surface area contributed by atoms with Crippen molar-refractivity contribution in [1.82, 2.24) is 4.90 Å². The zero-order valence-electron chi connectivity index (χ0n) is 17.2. The van der Waals surface area contributed by atoms with Crippen LogP contribution < -0.4 is 0 Å². The normalized spacial score (nSPS) is 12.5. The SMILES string of the molecule is CN(CCOCC(O)c1ccc2sc(-c3ccccc3)cc2c1)Cc1ccccc1. The summed E-state index contributed by atoms with van der Waals surface area (Å²) in [6.07, 6.45) is -0.617. The van der Waals surface area contributed by atoms with Gasteiger partial charge in [-0.25, -0.2) is 0 Å². The number of hydrogen-bond acceptors (Lipinski definition) is 4. The molecule has 1 heterocycles. The van der Waals surface area contributed by atoms with E-state index >= 15 is 0 Å². The van der Waals surface area contributed by atoms with Gasteiger partial charge in [0.15, 0.2) is 0 Å². The smallest absolute Gasteiger partial charge is 0.102 e. The van der Waals surface area contributed by atoms with Crippen LogP contribution in [-0.4, -0.2) is 36.8 Å². The van der Waals surface area contributed by atoms with Crippen LogP contribution in [0.3, 0.4) is 0 Å². The number of nitrogens with zero attached hydrogens (tertiary/aromatic N) is 1. The van der Waals surface area contributed by atoms with Gasteiger partial charge in [-0.15, -0.1) is 11.3 Å². The molecule has 3 nitrogen and oxygen atoms in total. The van der Waals surface area contributed by atoms with Crippen molar-refractivity contribution < 1.29 is 9.84 Å². The molecule has 0 aliphatic carbocycles. The molecular weight excluding hydrogens is 390 g/mol. The quantitative estimate of drug-likeness (QED) is 0.352. The Morgan fingerprint density at radius 3 is 2.43 bits per heavy atom. The third-order valence-corrected chi connectivity index (χ3v) is 6.34. The predicted octanol–water partition coefficient (Wildman–Crippen LogP) is 5.75. The van der Waals surface area contributed by atoms with Gasteiger partial charge in [0.05, 0.1) is 13.2 Å². The first-order valence-electron chi connectivity index (χ1n) is 10.3. The second-order valence-corrected chi connectivity index (χ2v) is 8.67. The summed E-state index contributed by atoms with van der Waals surface area (Å²) in [6.45, 7) is 2.62. The molecule has 154 valence electrons. The van der Waals surface area contributed by atoms with Gasteiger partial charge in [0.25, 0.3) is 0 Å². The van der Waals surface area contributed by atoms with Crippen molar-refractivity contribution in [2.24, 2.45) is 0 Å². The van der Waals surface area contributed by atoms with E-state index in [9.17, 15) is 5.11 Å². The summed E-state index contributed by atoms with van der Waals surface area (Å²) in [7, 11) is 2.08. The van der Waals surface area contributed by atoms with E-state index in [0.717, 1.165) is 24.0 Å². The molecular formula is C26H27NO2S. The lowest BCUT2D eigenvalue weighted by molar-refractivity contribution is 0.0282. The van der Waals surface area contributed by atoms with Crippen LogP contribution in [-0.2, 0) is 11.3 Å². The van der Waals surface area contributed by atoms with E-state index in [0.29, 0.717) is 13.2 Å². The van der Waals surface area contributed by atoms with E-state index in [1.54, 1.807) is 11.3 Å². The highest BCUT2D eigenvalue weighted by atomic mass is 32.1. The highest BCUT2D eigenvalue weighted by Crippen LogP contribution is 2.34. The molecule has 1 aromatic heterocycles. The van der Waals surface area contributed by atoms with Crippen LogP contribution in [0.25, 0.3) is 20.5 Å². The van der Waals surface area contributed by atoms with Crippen molar-refractivity contribution in [2.45, 2.75) is 12.6 Å². The van der Waals surface area contributed by atoms with Gasteiger partial charge in [0.1, 0.15) is 6.10 Å². The molecule has 0 saturated carbocycles. The summed E-state index contributed by atoms with van der Waals surface area (Å²) < 4.78 is 6.99. The van der Waals surface area contributed by atoms with Crippen molar-refractivity contribution in [1.29, 1.82) is 0 Å². The monoisotopic (exact) mass is 417 g/mol. The van der Waals surface area contributed by atoms with Crippen LogP contribution >= 0.6 is 11.3 Å². The van der Waals surface area contributed by atoms with E-state index < -0.39 is 6.10 Å². The number of thiophene rings is 1. The van der Waals surface area contributed by atoms with E-state index in [-0.39, 0.29) is 0 Å². The maximum Gasteiger partial charge on any atom is 0.102 e. The second-order valence-electron chi connectivity index (χ2n) is 7.59. The lowest BCUT2D eigenvalue weighted by Crippen LogP contribution is -2.23. The standard InChI is InChI=1S/C26H27NO2S/c1-27(18-20-8-4-2-5-9-20)14-15-29-19-24(28)22-12-13-25-23(16-22)17-26(30-25)21-10-6-3-7-11-21/h2-13,16-17,24,28H,14-15,18-19H2,1H3. The Morgan fingerprint density at radius 1 is 0.933 bits per heavy atom. The summed E-state index contributed by atoms with van der Waals surface area (Å²) in [5.41, 5.74) is 3.42. The van der Waals surface area contributed by atoms with Crippen LogP contribution in [0, 0.1) is 0 Å². The topological polar surface area (TPSA) is 32.7 Å². The number of likely N-dealkylation sites (N-methyl/N-ethyl adjacent to an activating group) is 1. The molecule has 0 aliphatic rings. The lowest BCUT2D eigenvalue weighted by Gasteiger charge is -2.18.